The molecule has 0 aliphatic heterocycles. The van der Waals surface area contributed by atoms with Crippen molar-refractivity contribution >= 4 is 11.9 Å². The molecule has 1 aromatic heterocycles. The molecule has 0 radical (unpaired) electrons. The molecule has 0 saturated carbocycles. The van der Waals surface area contributed by atoms with E-state index in [4.69, 9.17) is 4.42 Å². The molecule has 0 aliphatic carbocycles. The van der Waals surface area contributed by atoms with E-state index in [0.717, 1.165) is 0 Å². The van der Waals surface area contributed by atoms with Crippen LogP contribution in [0.4, 0.5) is 0 Å². The summed E-state index contributed by atoms with van der Waals surface area (Å²) < 4.78 is 5.13. The van der Waals surface area contributed by atoms with Crippen LogP contribution in [0.2, 0.25) is 0 Å². The van der Waals surface area contributed by atoms with Crippen LogP contribution in [-0.4, -0.2) is 5.78 Å². The molecule has 0 atom stereocenters. The smallest absolute Gasteiger partial charge is 0.185 e. The zero-order chi connectivity index (χ0) is 13.0. The van der Waals surface area contributed by atoms with Gasteiger partial charge in [0.05, 0.1) is 6.26 Å². The van der Waals surface area contributed by atoms with Gasteiger partial charge in [0.25, 0.3) is 0 Å². The Bertz CT molecular complexity index is 531. The van der Waals surface area contributed by atoms with Gasteiger partial charge in [-0.3, -0.25) is 4.79 Å². The van der Waals surface area contributed by atoms with Crippen molar-refractivity contribution in [3.8, 4) is 0 Å². The predicted octanol–water partition coefficient (Wildman–Crippen LogP) is 4.30. The van der Waals surface area contributed by atoms with Crippen LogP contribution in [0.3, 0.4) is 0 Å². The van der Waals surface area contributed by atoms with Crippen molar-refractivity contribution in [3.05, 3.63) is 65.6 Å². The largest absolute Gasteiger partial charge is 0.465 e. The van der Waals surface area contributed by atoms with E-state index in [1.165, 1.54) is 11.6 Å². The van der Waals surface area contributed by atoms with Gasteiger partial charge in [0.1, 0.15) is 5.76 Å². The Morgan fingerprint density at radius 3 is 2.44 bits per heavy atom. The zero-order valence-electron chi connectivity index (χ0n) is 10.6. The molecule has 92 valence electrons. The molecule has 0 fully saturated rings. The molecule has 2 heteroatoms. The van der Waals surface area contributed by atoms with Crippen molar-refractivity contribution in [1.29, 1.82) is 0 Å². The highest BCUT2D eigenvalue weighted by molar-refractivity contribution is 6.06. The minimum absolute atomic E-state index is 0.0123. The number of ketones is 1. The number of furan rings is 1. The second-order valence-corrected chi connectivity index (χ2v) is 4.49. The van der Waals surface area contributed by atoms with E-state index in [1.54, 1.807) is 18.4 Å². The van der Waals surface area contributed by atoms with Gasteiger partial charge < -0.3 is 4.42 Å². The van der Waals surface area contributed by atoms with Gasteiger partial charge in [0.15, 0.2) is 5.78 Å². The fraction of sp³-hybridized carbons (Fsp3) is 0.188. The SMILES string of the molecule is CC(C)c1ccc(C(=O)/C=C/c2ccco2)cc1. The number of allylic oxidation sites excluding steroid dienone is 1. The Balaban J connectivity index is 2.09. The summed E-state index contributed by atoms with van der Waals surface area (Å²) in [6, 6.07) is 11.3. The highest BCUT2D eigenvalue weighted by Crippen LogP contribution is 2.15. The molecular weight excluding hydrogens is 224 g/mol. The minimum Gasteiger partial charge on any atom is -0.465 e. The highest BCUT2D eigenvalue weighted by Gasteiger charge is 2.03. The summed E-state index contributed by atoms with van der Waals surface area (Å²) in [6.07, 6.45) is 4.80. The third-order valence-corrected chi connectivity index (χ3v) is 2.80. The van der Waals surface area contributed by atoms with Crippen molar-refractivity contribution in [2.24, 2.45) is 0 Å². The molecule has 2 rings (SSSR count). The van der Waals surface area contributed by atoms with Crippen LogP contribution in [0.5, 0.6) is 0 Å². The molecule has 0 saturated heterocycles. The summed E-state index contributed by atoms with van der Waals surface area (Å²) in [5.41, 5.74) is 1.93. The zero-order valence-corrected chi connectivity index (χ0v) is 10.6. The van der Waals surface area contributed by atoms with Gasteiger partial charge in [-0.25, -0.2) is 0 Å². The van der Waals surface area contributed by atoms with Crippen LogP contribution in [0, 0.1) is 0 Å². The first-order chi connectivity index (χ1) is 8.66. The van der Waals surface area contributed by atoms with E-state index in [2.05, 4.69) is 13.8 Å². The maximum absolute atomic E-state index is 11.9. The van der Waals surface area contributed by atoms with E-state index in [1.807, 2.05) is 30.3 Å². The van der Waals surface area contributed by atoms with Crippen LogP contribution in [0.25, 0.3) is 6.08 Å². The predicted molar refractivity (Wildman–Crippen MR) is 72.6 cm³/mol. The summed E-state index contributed by atoms with van der Waals surface area (Å²) in [6.45, 7) is 4.27. The minimum atomic E-state index is -0.0123. The molecule has 0 bridgehead atoms. The number of benzene rings is 1. The summed E-state index contributed by atoms with van der Waals surface area (Å²) in [5.74, 6) is 1.15. The maximum atomic E-state index is 11.9. The van der Waals surface area contributed by atoms with Crippen LogP contribution in [0.15, 0.2) is 53.2 Å². The Labute approximate surface area is 107 Å². The Morgan fingerprint density at radius 1 is 1.17 bits per heavy atom. The molecule has 0 amide bonds. The van der Waals surface area contributed by atoms with Crippen LogP contribution in [0.1, 0.15) is 41.4 Å². The molecule has 1 aromatic carbocycles. The fourth-order valence-corrected chi connectivity index (χ4v) is 1.67. The molecule has 18 heavy (non-hydrogen) atoms. The van der Waals surface area contributed by atoms with Gasteiger partial charge in [-0.05, 0) is 35.8 Å². The van der Waals surface area contributed by atoms with Gasteiger partial charge in [-0.2, -0.15) is 0 Å². The van der Waals surface area contributed by atoms with Crippen molar-refractivity contribution in [3.63, 3.8) is 0 Å². The van der Waals surface area contributed by atoms with E-state index < -0.39 is 0 Å². The van der Waals surface area contributed by atoms with Crippen LogP contribution < -0.4 is 0 Å². The molecule has 0 unspecified atom stereocenters. The number of carbonyl (C=O) groups excluding carboxylic acids is 1. The average Bonchev–Trinajstić information content (AvgIpc) is 2.89. The molecule has 0 aliphatic rings. The standard InChI is InChI=1S/C16H16O2/c1-12(2)13-5-7-14(8-6-13)16(17)10-9-15-4-3-11-18-15/h3-12H,1-2H3/b10-9+. The second kappa shape index (κ2) is 5.50. The molecule has 1 heterocycles. The van der Waals surface area contributed by atoms with Gasteiger partial charge in [0.2, 0.25) is 0 Å². The number of carbonyl (C=O) groups is 1. The maximum Gasteiger partial charge on any atom is 0.185 e. The van der Waals surface area contributed by atoms with Crippen LogP contribution >= 0.6 is 0 Å². The topological polar surface area (TPSA) is 30.2 Å². The van der Waals surface area contributed by atoms with Crippen molar-refractivity contribution in [2.75, 3.05) is 0 Å². The molecule has 0 spiro atoms. The van der Waals surface area contributed by atoms with E-state index in [9.17, 15) is 4.79 Å². The third-order valence-electron chi connectivity index (χ3n) is 2.80. The molecule has 2 nitrogen and oxygen atoms in total. The first-order valence-corrected chi connectivity index (χ1v) is 6.02. The molecule has 2 aromatic rings. The first kappa shape index (κ1) is 12.4. The molecular formula is C16H16O2. The monoisotopic (exact) mass is 240 g/mol. The van der Waals surface area contributed by atoms with Crippen LogP contribution in [-0.2, 0) is 0 Å². The van der Waals surface area contributed by atoms with Gasteiger partial charge in [-0.15, -0.1) is 0 Å². The van der Waals surface area contributed by atoms with Gasteiger partial charge >= 0.3 is 0 Å². The van der Waals surface area contributed by atoms with Crippen molar-refractivity contribution < 1.29 is 9.21 Å². The Hall–Kier alpha value is -2.09. The van der Waals surface area contributed by atoms with Gasteiger partial charge in [0, 0.05) is 5.56 Å². The summed E-state index contributed by atoms with van der Waals surface area (Å²) in [7, 11) is 0. The summed E-state index contributed by atoms with van der Waals surface area (Å²) in [4.78, 5) is 11.9. The highest BCUT2D eigenvalue weighted by atomic mass is 16.3. The Morgan fingerprint density at radius 2 is 1.89 bits per heavy atom. The number of hydrogen-bond donors (Lipinski definition) is 0. The van der Waals surface area contributed by atoms with Crippen molar-refractivity contribution in [2.45, 2.75) is 19.8 Å². The number of hydrogen-bond acceptors (Lipinski definition) is 2. The fourth-order valence-electron chi connectivity index (χ4n) is 1.67. The second-order valence-electron chi connectivity index (χ2n) is 4.49. The van der Waals surface area contributed by atoms with Crippen molar-refractivity contribution in [1.82, 2.24) is 0 Å². The molecule has 0 N–H and O–H groups in total. The quantitative estimate of drug-likeness (QED) is 0.589. The lowest BCUT2D eigenvalue weighted by Gasteiger charge is -2.04. The first-order valence-electron chi connectivity index (χ1n) is 6.02. The Kier molecular flexibility index (Phi) is 3.78. The number of rotatable bonds is 4. The lowest BCUT2D eigenvalue weighted by Crippen LogP contribution is -1.95. The van der Waals surface area contributed by atoms with E-state index in [-0.39, 0.29) is 5.78 Å². The average molecular weight is 240 g/mol. The normalized spacial score (nSPS) is 11.3. The van der Waals surface area contributed by atoms with Gasteiger partial charge in [-0.1, -0.05) is 38.1 Å². The summed E-state index contributed by atoms with van der Waals surface area (Å²) >= 11 is 0. The van der Waals surface area contributed by atoms with E-state index in [0.29, 0.717) is 17.2 Å². The lowest BCUT2D eigenvalue weighted by molar-refractivity contribution is 0.104. The lowest BCUT2D eigenvalue weighted by atomic mass is 10.0. The third kappa shape index (κ3) is 2.98. The van der Waals surface area contributed by atoms with E-state index >= 15 is 0 Å². The summed E-state index contributed by atoms with van der Waals surface area (Å²) in [5, 5.41) is 0.